The Labute approximate surface area is 118 Å². The molecule has 0 aliphatic rings. The van der Waals surface area contributed by atoms with Crippen LogP contribution in [0.3, 0.4) is 0 Å². The summed E-state index contributed by atoms with van der Waals surface area (Å²) >= 11 is 4.81. The molecule has 3 nitrogen and oxygen atoms in total. The Hall–Kier alpha value is -0.590. The predicted octanol–water partition coefficient (Wildman–Crippen LogP) is 2.71. The van der Waals surface area contributed by atoms with Crippen LogP contribution in [0.25, 0.3) is 0 Å². The van der Waals surface area contributed by atoms with Crippen molar-refractivity contribution in [2.45, 2.75) is 18.2 Å². The summed E-state index contributed by atoms with van der Waals surface area (Å²) in [6.07, 6.45) is 0.546. The maximum Gasteiger partial charge on any atom is 0.322 e. The number of carbonyl (C=O) groups excluding carboxylic acids is 1. The van der Waals surface area contributed by atoms with Crippen molar-refractivity contribution in [1.82, 2.24) is 0 Å². The van der Waals surface area contributed by atoms with Crippen LogP contribution >= 0.6 is 27.7 Å². The summed E-state index contributed by atoms with van der Waals surface area (Å²) in [5.41, 5.74) is 6.50. The Bertz CT molecular complexity index is 417. The lowest BCUT2D eigenvalue weighted by molar-refractivity contribution is -0.142. The SMILES string of the molecule is COC(=O)C(N)CCSCc1cccc(F)c1Br. The minimum Gasteiger partial charge on any atom is -0.468 e. The number of ether oxygens (including phenoxy) is 1. The van der Waals surface area contributed by atoms with Crippen LogP contribution in [0, 0.1) is 5.82 Å². The van der Waals surface area contributed by atoms with Crippen LogP contribution in [0.1, 0.15) is 12.0 Å². The second-order valence-corrected chi connectivity index (χ2v) is 5.58. The van der Waals surface area contributed by atoms with Gasteiger partial charge in [-0.15, -0.1) is 0 Å². The molecule has 1 atom stereocenters. The molecule has 1 aromatic carbocycles. The number of methoxy groups -OCH3 is 1. The summed E-state index contributed by atoms with van der Waals surface area (Å²) in [6, 6.07) is 4.36. The molecule has 0 fully saturated rings. The summed E-state index contributed by atoms with van der Waals surface area (Å²) in [5, 5.41) is 0. The molecular formula is C12H15BrFNO2S. The van der Waals surface area contributed by atoms with Crippen molar-refractivity contribution < 1.29 is 13.9 Å². The number of halogens is 2. The van der Waals surface area contributed by atoms with E-state index in [9.17, 15) is 9.18 Å². The Morgan fingerprint density at radius 2 is 2.33 bits per heavy atom. The molecule has 0 aliphatic heterocycles. The maximum atomic E-state index is 13.2. The molecule has 0 radical (unpaired) electrons. The highest BCUT2D eigenvalue weighted by molar-refractivity contribution is 9.10. The van der Waals surface area contributed by atoms with Gasteiger partial charge in [0.1, 0.15) is 11.9 Å². The first-order chi connectivity index (χ1) is 8.56. The van der Waals surface area contributed by atoms with E-state index in [1.165, 1.54) is 13.2 Å². The fourth-order valence-corrected chi connectivity index (χ4v) is 2.94. The van der Waals surface area contributed by atoms with E-state index in [1.54, 1.807) is 17.8 Å². The molecule has 0 saturated carbocycles. The van der Waals surface area contributed by atoms with E-state index < -0.39 is 12.0 Å². The first-order valence-corrected chi connectivity index (χ1v) is 7.35. The number of thioether (sulfide) groups is 1. The number of carbonyl (C=O) groups is 1. The van der Waals surface area contributed by atoms with Crippen molar-refractivity contribution in [3.8, 4) is 0 Å². The quantitative estimate of drug-likeness (QED) is 0.641. The van der Waals surface area contributed by atoms with Crippen molar-refractivity contribution in [1.29, 1.82) is 0 Å². The zero-order chi connectivity index (χ0) is 13.5. The fourth-order valence-electron chi connectivity index (χ4n) is 1.32. The van der Waals surface area contributed by atoms with E-state index in [1.807, 2.05) is 6.07 Å². The van der Waals surface area contributed by atoms with E-state index in [2.05, 4.69) is 20.7 Å². The van der Waals surface area contributed by atoms with Gasteiger partial charge in [0.25, 0.3) is 0 Å². The van der Waals surface area contributed by atoms with Gasteiger partial charge in [-0.1, -0.05) is 12.1 Å². The summed E-state index contributed by atoms with van der Waals surface area (Å²) < 4.78 is 18.3. The lowest BCUT2D eigenvalue weighted by atomic mass is 10.2. The smallest absolute Gasteiger partial charge is 0.322 e. The van der Waals surface area contributed by atoms with Gasteiger partial charge in [-0.3, -0.25) is 4.79 Å². The zero-order valence-corrected chi connectivity index (χ0v) is 12.4. The van der Waals surface area contributed by atoms with Crippen molar-refractivity contribution in [3.05, 3.63) is 34.1 Å². The van der Waals surface area contributed by atoms with E-state index in [4.69, 9.17) is 5.73 Å². The molecule has 100 valence electrons. The Balaban J connectivity index is 2.34. The van der Waals surface area contributed by atoms with Gasteiger partial charge in [-0.2, -0.15) is 11.8 Å². The number of benzene rings is 1. The van der Waals surface area contributed by atoms with Gasteiger partial charge in [-0.05, 0) is 39.7 Å². The van der Waals surface area contributed by atoms with Crippen LogP contribution in [0.2, 0.25) is 0 Å². The summed E-state index contributed by atoms with van der Waals surface area (Å²) in [7, 11) is 1.32. The summed E-state index contributed by atoms with van der Waals surface area (Å²) in [5.74, 6) is 0.729. The van der Waals surface area contributed by atoms with Gasteiger partial charge < -0.3 is 10.5 Å². The second-order valence-electron chi connectivity index (χ2n) is 3.68. The fraction of sp³-hybridized carbons (Fsp3) is 0.417. The average molecular weight is 336 g/mol. The van der Waals surface area contributed by atoms with E-state index in [-0.39, 0.29) is 5.82 Å². The molecule has 1 rings (SSSR count). The van der Waals surface area contributed by atoms with E-state index in [0.29, 0.717) is 16.6 Å². The Morgan fingerprint density at radius 3 is 3.00 bits per heavy atom. The maximum absolute atomic E-state index is 13.2. The molecule has 2 N–H and O–H groups in total. The van der Waals surface area contributed by atoms with Crippen LogP contribution in [-0.4, -0.2) is 24.9 Å². The third-order valence-corrected chi connectivity index (χ3v) is 4.29. The number of hydrogen-bond donors (Lipinski definition) is 1. The molecule has 1 unspecified atom stereocenters. The van der Waals surface area contributed by atoms with Crippen LogP contribution in [0.4, 0.5) is 4.39 Å². The minimum atomic E-state index is -0.585. The molecule has 0 spiro atoms. The van der Waals surface area contributed by atoms with Gasteiger partial charge >= 0.3 is 5.97 Å². The van der Waals surface area contributed by atoms with Crippen molar-refractivity contribution in [2.75, 3.05) is 12.9 Å². The van der Waals surface area contributed by atoms with Gasteiger partial charge in [0.2, 0.25) is 0 Å². The molecule has 0 aliphatic carbocycles. The Kier molecular flexibility index (Phi) is 6.67. The predicted molar refractivity (Wildman–Crippen MR) is 74.9 cm³/mol. The monoisotopic (exact) mass is 335 g/mol. The van der Waals surface area contributed by atoms with E-state index >= 15 is 0 Å². The minimum absolute atomic E-state index is 0.264. The van der Waals surface area contributed by atoms with Crippen molar-refractivity contribution >= 4 is 33.7 Å². The lowest BCUT2D eigenvalue weighted by Gasteiger charge is -2.09. The normalized spacial score (nSPS) is 12.2. The molecule has 0 bridgehead atoms. The molecular weight excluding hydrogens is 321 g/mol. The highest BCUT2D eigenvalue weighted by Gasteiger charge is 2.13. The summed E-state index contributed by atoms with van der Waals surface area (Å²) in [4.78, 5) is 11.1. The largest absolute Gasteiger partial charge is 0.468 e. The number of hydrogen-bond acceptors (Lipinski definition) is 4. The van der Waals surface area contributed by atoms with Crippen molar-refractivity contribution in [3.63, 3.8) is 0 Å². The highest BCUT2D eigenvalue weighted by atomic mass is 79.9. The molecule has 0 saturated heterocycles. The molecule has 0 heterocycles. The zero-order valence-electron chi connectivity index (χ0n) is 9.99. The standard InChI is InChI=1S/C12H15BrFNO2S/c1-17-12(16)10(15)5-6-18-7-8-3-2-4-9(14)11(8)13/h2-4,10H,5-7,15H2,1H3. The topological polar surface area (TPSA) is 52.3 Å². The van der Waals surface area contributed by atoms with Crippen LogP contribution in [0.15, 0.2) is 22.7 Å². The van der Waals surface area contributed by atoms with Gasteiger partial charge in [0.05, 0.1) is 11.6 Å². The number of nitrogens with two attached hydrogens (primary N) is 1. The Morgan fingerprint density at radius 1 is 1.61 bits per heavy atom. The molecule has 0 aromatic heterocycles. The number of esters is 1. The lowest BCUT2D eigenvalue weighted by Crippen LogP contribution is -2.31. The average Bonchev–Trinajstić information content (AvgIpc) is 2.38. The van der Waals surface area contributed by atoms with Gasteiger partial charge in [0.15, 0.2) is 0 Å². The molecule has 18 heavy (non-hydrogen) atoms. The molecule has 6 heteroatoms. The van der Waals surface area contributed by atoms with Crippen LogP contribution in [0.5, 0.6) is 0 Å². The highest BCUT2D eigenvalue weighted by Crippen LogP contribution is 2.24. The first kappa shape index (κ1) is 15.5. The van der Waals surface area contributed by atoms with Crippen molar-refractivity contribution in [2.24, 2.45) is 5.73 Å². The van der Waals surface area contributed by atoms with Crippen LogP contribution in [-0.2, 0) is 15.3 Å². The third kappa shape index (κ3) is 4.59. The number of rotatable bonds is 6. The molecule has 1 aromatic rings. The molecule has 0 amide bonds. The van der Waals surface area contributed by atoms with E-state index in [0.717, 1.165) is 11.3 Å². The second kappa shape index (κ2) is 7.76. The first-order valence-electron chi connectivity index (χ1n) is 5.40. The third-order valence-electron chi connectivity index (χ3n) is 2.37. The summed E-state index contributed by atoms with van der Waals surface area (Å²) in [6.45, 7) is 0. The van der Waals surface area contributed by atoms with Crippen LogP contribution < -0.4 is 5.73 Å². The van der Waals surface area contributed by atoms with Gasteiger partial charge in [-0.25, -0.2) is 4.39 Å². The van der Waals surface area contributed by atoms with Gasteiger partial charge in [0, 0.05) is 5.75 Å².